The van der Waals surface area contributed by atoms with Crippen molar-refractivity contribution in [2.75, 3.05) is 26.2 Å². The molecular weight excluding hydrogens is 262 g/mol. The maximum absolute atomic E-state index is 12.4. The van der Waals surface area contributed by atoms with E-state index in [2.05, 4.69) is 25.7 Å². The lowest BCUT2D eigenvalue weighted by molar-refractivity contribution is -0.135. The fourth-order valence-electron chi connectivity index (χ4n) is 2.79. The average Bonchev–Trinajstić information content (AvgIpc) is 2.46. The average molecular weight is 289 g/mol. The summed E-state index contributed by atoms with van der Waals surface area (Å²) in [4.78, 5) is 16.8. The van der Waals surface area contributed by atoms with E-state index in [4.69, 9.17) is 5.73 Å². The number of nitrogens with zero attached hydrogens (tertiary/aromatic N) is 2. The van der Waals surface area contributed by atoms with Crippen molar-refractivity contribution in [2.45, 2.75) is 38.8 Å². The molecule has 0 aromatic heterocycles. The van der Waals surface area contributed by atoms with Crippen LogP contribution in [0.15, 0.2) is 30.3 Å². The number of nitrogens with two attached hydrogens (primary N) is 1. The van der Waals surface area contributed by atoms with Crippen LogP contribution >= 0.6 is 0 Å². The molecule has 1 heterocycles. The topological polar surface area (TPSA) is 49.6 Å². The number of benzene rings is 1. The van der Waals surface area contributed by atoms with Gasteiger partial charge in [-0.15, -0.1) is 0 Å². The molecule has 1 unspecified atom stereocenters. The summed E-state index contributed by atoms with van der Waals surface area (Å²) in [6.45, 7) is 10.0. The normalized spacial score (nSPS) is 18.6. The molecule has 4 heteroatoms. The minimum Gasteiger partial charge on any atom is -0.339 e. The largest absolute Gasteiger partial charge is 0.339 e. The Balaban J connectivity index is 1.87. The van der Waals surface area contributed by atoms with E-state index in [1.807, 2.05) is 35.2 Å². The maximum atomic E-state index is 12.4. The third kappa shape index (κ3) is 4.29. The molecule has 0 aliphatic carbocycles. The molecule has 0 saturated carbocycles. The third-order valence-corrected chi connectivity index (χ3v) is 4.16. The van der Waals surface area contributed by atoms with Crippen molar-refractivity contribution in [1.29, 1.82) is 0 Å². The molecule has 1 amide bonds. The first-order valence-electron chi connectivity index (χ1n) is 7.71. The SMILES string of the molecule is CC(C)(C)N1CCN(C(=O)C(N)Cc2ccccc2)CC1. The predicted molar refractivity (Wildman–Crippen MR) is 86.0 cm³/mol. The Kier molecular flexibility index (Phi) is 5.01. The molecule has 0 spiro atoms. The van der Waals surface area contributed by atoms with E-state index in [-0.39, 0.29) is 11.4 Å². The van der Waals surface area contributed by atoms with Crippen LogP contribution in [0.4, 0.5) is 0 Å². The van der Waals surface area contributed by atoms with Crippen molar-refractivity contribution in [3.8, 4) is 0 Å². The highest BCUT2D eigenvalue weighted by atomic mass is 16.2. The fraction of sp³-hybridized carbons (Fsp3) is 0.588. The molecule has 0 radical (unpaired) electrons. The second kappa shape index (κ2) is 6.58. The predicted octanol–water partition coefficient (Wildman–Crippen LogP) is 1.50. The minimum absolute atomic E-state index is 0.0763. The standard InChI is InChI=1S/C17H27N3O/c1-17(2,3)20-11-9-19(10-12-20)16(21)15(18)13-14-7-5-4-6-8-14/h4-8,15H,9-13,18H2,1-3H3. The van der Waals surface area contributed by atoms with Crippen molar-refractivity contribution in [1.82, 2.24) is 9.80 Å². The molecule has 1 aromatic rings. The smallest absolute Gasteiger partial charge is 0.239 e. The maximum Gasteiger partial charge on any atom is 0.239 e. The van der Waals surface area contributed by atoms with Crippen molar-refractivity contribution < 1.29 is 4.79 Å². The molecule has 2 rings (SSSR count). The number of rotatable bonds is 3. The van der Waals surface area contributed by atoms with Gasteiger partial charge in [0.1, 0.15) is 0 Å². The Morgan fingerprint density at radius 2 is 1.71 bits per heavy atom. The second-order valence-corrected chi connectivity index (χ2v) is 6.78. The van der Waals surface area contributed by atoms with E-state index in [1.165, 1.54) is 0 Å². The molecule has 4 nitrogen and oxygen atoms in total. The second-order valence-electron chi connectivity index (χ2n) is 6.78. The Morgan fingerprint density at radius 3 is 2.24 bits per heavy atom. The van der Waals surface area contributed by atoms with E-state index in [0.29, 0.717) is 6.42 Å². The van der Waals surface area contributed by atoms with Gasteiger partial charge in [-0.3, -0.25) is 9.69 Å². The zero-order valence-corrected chi connectivity index (χ0v) is 13.4. The first-order chi connectivity index (χ1) is 9.88. The summed E-state index contributed by atoms with van der Waals surface area (Å²) >= 11 is 0. The number of carbonyl (C=O) groups is 1. The zero-order chi connectivity index (χ0) is 15.5. The van der Waals surface area contributed by atoms with Gasteiger partial charge in [0, 0.05) is 31.7 Å². The summed E-state index contributed by atoms with van der Waals surface area (Å²) in [5.41, 5.74) is 7.38. The van der Waals surface area contributed by atoms with Crippen LogP contribution in [-0.2, 0) is 11.2 Å². The number of amides is 1. The lowest BCUT2D eigenvalue weighted by Crippen LogP contribution is -2.57. The lowest BCUT2D eigenvalue weighted by Gasteiger charge is -2.42. The molecule has 1 saturated heterocycles. The molecule has 0 bridgehead atoms. The molecule has 1 aliphatic heterocycles. The Hall–Kier alpha value is -1.39. The molecule has 1 fully saturated rings. The van der Waals surface area contributed by atoms with Gasteiger partial charge in [-0.1, -0.05) is 30.3 Å². The van der Waals surface area contributed by atoms with Crippen LogP contribution in [0.1, 0.15) is 26.3 Å². The van der Waals surface area contributed by atoms with Crippen LogP contribution < -0.4 is 5.73 Å². The number of carbonyl (C=O) groups excluding carboxylic acids is 1. The van der Waals surface area contributed by atoms with Gasteiger partial charge in [-0.25, -0.2) is 0 Å². The van der Waals surface area contributed by atoms with E-state index in [1.54, 1.807) is 0 Å². The zero-order valence-electron chi connectivity index (χ0n) is 13.4. The molecule has 21 heavy (non-hydrogen) atoms. The highest BCUT2D eigenvalue weighted by Gasteiger charge is 2.29. The van der Waals surface area contributed by atoms with Crippen molar-refractivity contribution in [2.24, 2.45) is 5.73 Å². The van der Waals surface area contributed by atoms with Gasteiger partial charge in [0.05, 0.1) is 6.04 Å². The third-order valence-electron chi connectivity index (χ3n) is 4.16. The summed E-state index contributed by atoms with van der Waals surface area (Å²) in [5.74, 6) is 0.0763. The number of piperazine rings is 1. The van der Waals surface area contributed by atoms with E-state index >= 15 is 0 Å². The Bertz CT molecular complexity index is 459. The van der Waals surface area contributed by atoms with Gasteiger partial charge in [-0.2, -0.15) is 0 Å². The summed E-state index contributed by atoms with van der Waals surface area (Å²) in [7, 11) is 0. The fourth-order valence-corrected chi connectivity index (χ4v) is 2.79. The summed E-state index contributed by atoms with van der Waals surface area (Å²) < 4.78 is 0. The first kappa shape index (κ1) is 16.0. The van der Waals surface area contributed by atoms with Crippen LogP contribution in [0.2, 0.25) is 0 Å². The monoisotopic (exact) mass is 289 g/mol. The molecule has 1 atom stereocenters. The molecule has 1 aromatic carbocycles. The molecule has 2 N–H and O–H groups in total. The van der Waals surface area contributed by atoms with Gasteiger partial charge < -0.3 is 10.6 Å². The van der Waals surface area contributed by atoms with Crippen LogP contribution in [-0.4, -0.2) is 53.5 Å². The number of hydrogen-bond acceptors (Lipinski definition) is 3. The summed E-state index contributed by atoms with van der Waals surface area (Å²) in [5, 5.41) is 0. The molecular formula is C17H27N3O. The summed E-state index contributed by atoms with van der Waals surface area (Å²) in [6, 6.07) is 9.54. The van der Waals surface area contributed by atoms with Crippen LogP contribution in [0.5, 0.6) is 0 Å². The van der Waals surface area contributed by atoms with Crippen molar-refractivity contribution in [3.63, 3.8) is 0 Å². The van der Waals surface area contributed by atoms with Crippen molar-refractivity contribution >= 4 is 5.91 Å². The van der Waals surface area contributed by atoms with Crippen LogP contribution in [0.3, 0.4) is 0 Å². The lowest BCUT2D eigenvalue weighted by atomic mass is 10.0. The van der Waals surface area contributed by atoms with Gasteiger partial charge >= 0.3 is 0 Å². The Morgan fingerprint density at radius 1 is 1.14 bits per heavy atom. The van der Waals surface area contributed by atoms with Gasteiger partial charge in [0.25, 0.3) is 0 Å². The molecule has 1 aliphatic rings. The highest BCUT2D eigenvalue weighted by Crippen LogP contribution is 2.16. The number of hydrogen-bond donors (Lipinski definition) is 1. The summed E-state index contributed by atoms with van der Waals surface area (Å²) in [6.07, 6.45) is 0.610. The minimum atomic E-state index is -0.436. The quantitative estimate of drug-likeness (QED) is 0.917. The van der Waals surface area contributed by atoms with Gasteiger partial charge in [-0.05, 0) is 32.8 Å². The first-order valence-corrected chi connectivity index (χ1v) is 7.71. The van der Waals surface area contributed by atoms with Gasteiger partial charge in [0.2, 0.25) is 5.91 Å². The molecule has 116 valence electrons. The van der Waals surface area contributed by atoms with E-state index in [0.717, 1.165) is 31.7 Å². The van der Waals surface area contributed by atoms with Crippen LogP contribution in [0.25, 0.3) is 0 Å². The van der Waals surface area contributed by atoms with Gasteiger partial charge in [0.15, 0.2) is 0 Å². The van der Waals surface area contributed by atoms with Crippen LogP contribution in [0, 0.1) is 0 Å². The highest BCUT2D eigenvalue weighted by molar-refractivity contribution is 5.82. The van der Waals surface area contributed by atoms with Crippen molar-refractivity contribution in [3.05, 3.63) is 35.9 Å². The Labute approximate surface area is 127 Å². The van der Waals surface area contributed by atoms with E-state index in [9.17, 15) is 4.79 Å². The van der Waals surface area contributed by atoms with E-state index < -0.39 is 6.04 Å².